The first-order valence-electron chi connectivity index (χ1n) is 8.73. The second-order valence-corrected chi connectivity index (χ2v) is 6.57. The van der Waals surface area contributed by atoms with Crippen molar-refractivity contribution < 1.29 is 5.11 Å². The Labute approximate surface area is 160 Å². The number of nitrogens with zero attached hydrogens (tertiary/aromatic N) is 6. The first-order valence-corrected chi connectivity index (χ1v) is 8.73. The lowest BCUT2D eigenvalue weighted by Crippen LogP contribution is -2.20. The van der Waals surface area contributed by atoms with E-state index >= 15 is 0 Å². The van der Waals surface area contributed by atoms with Gasteiger partial charge < -0.3 is 15.4 Å². The van der Waals surface area contributed by atoms with E-state index in [1.165, 1.54) is 6.33 Å². The Kier molecular flexibility index (Phi) is 3.57. The van der Waals surface area contributed by atoms with Crippen LogP contribution in [0.25, 0.3) is 22.4 Å². The minimum Gasteiger partial charge on any atom is -0.382 e. The maximum Gasteiger partial charge on any atom is 0.185 e. The van der Waals surface area contributed by atoms with Crippen molar-refractivity contribution in [1.29, 1.82) is 0 Å². The van der Waals surface area contributed by atoms with Crippen LogP contribution in [0.15, 0.2) is 49.2 Å². The zero-order chi connectivity index (χ0) is 19.1. The number of aromatic nitrogens is 6. The SMILES string of the molecule is Nc1ncnc2cnc(-c3cccc(C#C[C@]4(O)CCn5ccnc54)c3)nc12. The molecule has 0 radical (unpaired) electrons. The average molecular weight is 369 g/mol. The van der Waals surface area contributed by atoms with Gasteiger partial charge in [0.25, 0.3) is 0 Å². The first kappa shape index (κ1) is 16.4. The normalized spacial score (nSPS) is 17.9. The van der Waals surface area contributed by atoms with E-state index in [2.05, 4.69) is 36.8 Å². The lowest BCUT2D eigenvalue weighted by molar-refractivity contribution is 0.0980. The fourth-order valence-corrected chi connectivity index (χ4v) is 3.29. The molecule has 136 valence electrons. The molecule has 4 heterocycles. The summed E-state index contributed by atoms with van der Waals surface area (Å²) in [5.74, 6) is 7.44. The summed E-state index contributed by atoms with van der Waals surface area (Å²) >= 11 is 0. The van der Waals surface area contributed by atoms with Gasteiger partial charge in [-0.3, -0.25) is 0 Å². The molecule has 0 unspecified atom stereocenters. The summed E-state index contributed by atoms with van der Waals surface area (Å²) in [6, 6.07) is 7.51. The number of imidazole rings is 1. The Balaban J connectivity index is 1.51. The van der Waals surface area contributed by atoms with Crippen molar-refractivity contribution in [3.8, 4) is 23.2 Å². The molecular formula is C20H15N7O. The monoisotopic (exact) mass is 369 g/mol. The molecule has 28 heavy (non-hydrogen) atoms. The van der Waals surface area contributed by atoms with Gasteiger partial charge in [-0.25, -0.2) is 24.9 Å². The first-order chi connectivity index (χ1) is 13.6. The molecule has 4 aromatic rings. The van der Waals surface area contributed by atoms with Crippen molar-refractivity contribution in [2.75, 3.05) is 5.73 Å². The van der Waals surface area contributed by atoms with Gasteiger partial charge in [0.2, 0.25) is 0 Å². The van der Waals surface area contributed by atoms with Crippen LogP contribution in [-0.2, 0) is 12.1 Å². The van der Waals surface area contributed by atoms with Gasteiger partial charge in [0, 0.05) is 36.5 Å². The Morgan fingerprint density at radius 2 is 2.11 bits per heavy atom. The van der Waals surface area contributed by atoms with Crippen molar-refractivity contribution in [3.05, 3.63) is 60.6 Å². The highest BCUT2D eigenvalue weighted by atomic mass is 16.3. The van der Waals surface area contributed by atoms with Crippen LogP contribution in [0.1, 0.15) is 17.8 Å². The number of fused-ring (bicyclic) bond motifs is 2. The van der Waals surface area contributed by atoms with E-state index in [1.54, 1.807) is 12.4 Å². The molecule has 5 rings (SSSR count). The molecule has 8 nitrogen and oxygen atoms in total. The van der Waals surface area contributed by atoms with E-state index in [0.717, 1.165) is 11.1 Å². The lowest BCUT2D eigenvalue weighted by atomic mass is 10.0. The molecule has 1 atom stereocenters. The minimum atomic E-state index is -1.23. The van der Waals surface area contributed by atoms with E-state index in [4.69, 9.17) is 5.73 Å². The smallest absolute Gasteiger partial charge is 0.185 e. The summed E-state index contributed by atoms with van der Waals surface area (Å²) in [6.45, 7) is 0.703. The van der Waals surface area contributed by atoms with Gasteiger partial charge in [-0.1, -0.05) is 24.0 Å². The Morgan fingerprint density at radius 3 is 3.04 bits per heavy atom. The molecular weight excluding hydrogens is 354 g/mol. The van der Waals surface area contributed by atoms with Crippen LogP contribution in [0.3, 0.4) is 0 Å². The maximum absolute atomic E-state index is 10.8. The van der Waals surface area contributed by atoms with Crippen LogP contribution < -0.4 is 5.73 Å². The summed E-state index contributed by atoms with van der Waals surface area (Å²) in [4.78, 5) is 21.2. The van der Waals surface area contributed by atoms with Crippen molar-refractivity contribution in [3.63, 3.8) is 0 Å². The molecule has 0 saturated carbocycles. The molecule has 1 aliphatic heterocycles. The third kappa shape index (κ3) is 2.66. The Morgan fingerprint density at radius 1 is 1.18 bits per heavy atom. The van der Waals surface area contributed by atoms with Gasteiger partial charge in [0.05, 0.1) is 6.20 Å². The largest absolute Gasteiger partial charge is 0.382 e. The van der Waals surface area contributed by atoms with Crippen LogP contribution >= 0.6 is 0 Å². The van der Waals surface area contributed by atoms with Crippen molar-refractivity contribution in [2.45, 2.75) is 18.6 Å². The number of nitrogens with two attached hydrogens (primary N) is 1. The van der Waals surface area contributed by atoms with Crippen LogP contribution in [0.5, 0.6) is 0 Å². The van der Waals surface area contributed by atoms with Crippen molar-refractivity contribution >= 4 is 16.9 Å². The number of nitrogen functional groups attached to an aromatic ring is 1. The third-order valence-corrected chi connectivity index (χ3v) is 4.74. The molecule has 3 aromatic heterocycles. The molecule has 8 heteroatoms. The van der Waals surface area contributed by atoms with Crippen LogP contribution in [0.2, 0.25) is 0 Å². The van der Waals surface area contributed by atoms with Gasteiger partial charge in [-0.2, -0.15) is 0 Å². The highest BCUT2D eigenvalue weighted by molar-refractivity contribution is 5.84. The van der Waals surface area contributed by atoms with Gasteiger partial charge in [-0.15, -0.1) is 0 Å². The standard InChI is InChI=1S/C20H15N7O/c21-17-16-15(24-12-25-17)11-23-18(26-16)14-3-1-2-13(10-14)4-5-20(28)6-8-27-9-7-22-19(20)27/h1-3,7,9-12,28H,6,8H2,(H2,21,24,25)/t20-/m0/s1. The molecule has 0 bridgehead atoms. The Hall–Kier alpha value is -3.83. The van der Waals surface area contributed by atoms with E-state index in [9.17, 15) is 5.11 Å². The second kappa shape index (κ2) is 6.11. The van der Waals surface area contributed by atoms with Crippen molar-refractivity contribution in [2.24, 2.45) is 0 Å². The fourth-order valence-electron chi connectivity index (χ4n) is 3.29. The molecule has 3 N–H and O–H groups in total. The summed E-state index contributed by atoms with van der Waals surface area (Å²) in [6.07, 6.45) is 7.05. The third-order valence-electron chi connectivity index (χ3n) is 4.74. The maximum atomic E-state index is 10.8. The van der Waals surface area contributed by atoms with E-state index in [1.807, 2.05) is 35.0 Å². The van der Waals surface area contributed by atoms with Crippen LogP contribution in [0.4, 0.5) is 5.82 Å². The van der Waals surface area contributed by atoms with Crippen molar-refractivity contribution in [1.82, 2.24) is 29.5 Å². The molecule has 0 saturated heterocycles. The molecule has 0 amide bonds. The number of benzene rings is 1. The number of hydrogen-bond acceptors (Lipinski definition) is 7. The number of hydrogen-bond donors (Lipinski definition) is 2. The fraction of sp³-hybridized carbons (Fsp3) is 0.150. The molecule has 1 aliphatic rings. The molecule has 0 spiro atoms. The highest BCUT2D eigenvalue weighted by Gasteiger charge is 2.36. The van der Waals surface area contributed by atoms with Gasteiger partial charge in [0.1, 0.15) is 17.4 Å². The molecule has 1 aromatic carbocycles. The number of rotatable bonds is 1. The van der Waals surface area contributed by atoms with Crippen LogP contribution in [0, 0.1) is 11.8 Å². The van der Waals surface area contributed by atoms with Crippen LogP contribution in [-0.4, -0.2) is 34.6 Å². The number of anilines is 1. The van der Waals surface area contributed by atoms with Gasteiger partial charge in [0.15, 0.2) is 23.1 Å². The summed E-state index contributed by atoms with van der Waals surface area (Å²) in [5.41, 5.74) is 7.30. The average Bonchev–Trinajstić information content (AvgIpc) is 3.32. The van der Waals surface area contributed by atoms with E-state index in [0.29, 0.717) is 41.5 Å². The predicted molar refractivity (Wildman–Crippen MR) is 103 cm³/mol. The zero-order valence-corrected chi connectivity index (χ0v) is 14.7. The topological polar surface area (TPSA) is 116 Å². The quantitative estimate of drug-likeness (QED) is 0.489. The summed E-state index contributed by atoms with van der Waals surface area (Å²) in [7, 11) is 0. The number of aryl methyl sites for hydroxylation is 1. The zero-order valence-electron chi connectivity index (χ0n) is 14.7. The predicted octanol–water partition coefficient (Wildman–Crippen LogP) is 1.51. The minimum absolute atomic E-state index is 0.309. The molecule has 0 aliphatic carbocycles. The highest BCUT2D eigenvalue weighted by Crippen LogP contribution is 2.30. The second-order valence-electron chi connectivity index (χ2n) is 6.57. The Bertz CT molecular complexity index is 1270. The van der Waals surface area contributed by atoms with E-state index in [-0.39, 0.29) is 0 Å². The van der Waals surface area contributed by atoms with E-state index < -0.39 is 5.60 Å². The summed E-state index contributed by atoms with van der Waals surface area (Å²) in [5, 5.41) is 10.8. The van der Waals surface area contributed by atoms with Gasteiger partial charge in [-0.05, 0) is 12.1 Å². The van der Waals surface area contributed by atoms with Gasteiger partial charge >= 0.3 is 0 Å². The lowest BCUT2D eigenvalue weighted by Gasteiger charge is -2.12. The molecule has 0 fully saturated rings. The summed E-state index contributed by atoms with van der Waals surface area (Å²) < 4.78 is 1.92. The number of aliphatic hydroxyl groups is 1.